The van der Waals surface area contributed by atoms with Crippen LogP contribution in [-0.2, 0) is 11.3 Å². The van der Waals surface area contributed by atoms with Crippen molar-refractivity contribution >= 4 is 33.8 Å². The Balaban J connectivity index is 1.38. The van der Waals surface area contributed by atoms with E-state index < -0.39 is 0 Å². The molecule has 4 aromatic rings. The zero-order valence-electron chi connectivity index (χ0n) is 15.3. The number of para-hydroxylation sites is 1. The lowest BCUT2D eigenvalue weighted by Crippen LogP contribution is -2.43. The second-order valence-corrected chi connectivity index (χ2v) is 7.06. The first-order chi connectivity index (χ1) is 13.8. The fourth-order valence-electron chi connectivity index (χ4n) is 3.85. The van der Waals surface area contributed by atoms with Gasteiger partial charge in [0.15, 0.2) is 11.4 Å². The monoisotopic (exact) mass is 376 g/mol. The minimum atomic E-state index is -0.0990. The van der Waals surface area contributed by atoms with Crippen LogP contribution in [0.5, 0.6) is 0 Å². The fourth-order valence-corrected chi connectivity index (χ4v) is 3.85. The summed E-state index contributed by atoms with van der Waals surface area (Å²) in [5, 5.41) is 3.95. The molecular formula is C21H20N4O3. The van der Waals surface area contributed by atoms with E-state index in [0.29, 0.717) is 18.7 Å². The summed E-state index contributed by atoms with van der Waals surface area (Å²) in [4.78, 5) is 23.7. The molecule has 5 rings (SSSR count). The third-order valence-corrected chi connectivity index (χ3v) is 5.25. The maximum absolute atomic E-state index is 12.6. The van der Waals surface area contributed by atoms with Crippen LogP contribution >= 0.6 is 0 Å². The van der Waals surface area contributed by atoms with Gasteiger partial charge in [-0.05, 0) is 37.1 Å². The molecular weight excluding hydrogens is 356 g/mol. The molecule has 1 aliphatic heterocycles. The number of rotatable bonds is 4. The summed E-state index contributed by atoms with van der Waals surface area (Å²) in [6, 6.07) is 11.5. The highest BCUT2D eigenvalue weighted by Crippen LogP contribution is 2.33. The van der Waals surface area contributed by atoms with Crippen LogP contribution in [0.15, 0.2) is 57.8 Å². The van der Waals surface area contributed by atoms with Gasteiger partial charge in [0.2, 0.25) is 5.91 Å². The molecule has 28 heavy (non-hydrogen) atoms. The number of piperidine rings is 1. The normalized spacial score (nSPS) is 17.3. The molecule has 0 saturated carbocycles. The molecule has 142 valence electrons. The smallest absolute Gasteiger partial charge is 0.225 e. The third kappa shape index (κ3) is 2.98. The van der Waals surface area contributed by atoms with Crippen LogP contribution in [0, 0.1) is 5.92 Å². The molecule has 1 aromatic carbocycles. The number of nitrogens with one attached hydrogen (secondary N) is 1. The Morgan fingerprint density at radius 3 is 3.04 bits per heavy atom. The largest absolute Gasteiger partial charge is 0.467 e. The van der Waals surface area contributed by atoms with E-state index in [-0.39, 0.29) is 11.8 Å². The summed E-state index contributed by atoms with van der Waals surface area (Å²) < 4.78 is 11.3. The topological polar surface area (TPSA) is 84.4 Å². The predicted octanol–water partition coefficient (Wildman–Crippen LogP) is 3.50. The van der Waals surface area contributed by atoms with E-state index in [4.69, 9.17) is 8.83 Å². The van der Waals surface area contributed by atoms with Crippen molar-refractivity contribution in [3.05, 3.63) is 54.7 Å². The lowest BCUT2D eigenvalue weighted by atomic mass is 9.97. The number of amides is 1. The number of carbonyl (C=O) groups is 1. The van der Waals surface area contributed by atoms with E-state index in [1.165, 1.54) is 0 Å². The van der Waals surface area contributed by atoms with Crippen molar-refractivity contribution in [2.24, 2.45) is 5.92 Å². The van der Waals surface area contributed by atoms with E-state index in [1.807, 2.05) is 36.4 Å². The zero-order chi connectivity index (χ0) is 18.9. The van der Waals surface area contributed by atoms with E-state index in [0.717, 1.165) is 47.5 Å². The Labute approximate surface area is 161 Å². The molecule has 4 heterocycles. The first-order valence-corrected chi connectivity index (χ1v) is 9.47. The van der Waals surface area contributed by atoms with Crippen LogP contribution in [0.1, 0.15) is 18.6 Å². The van der Waals surface area contributed by atoms with Gasteiger partial charge in [0.05, 0.1) is 18.7 Å². The number of anilines is 1. The molecule has 1 amide bonds. The summed E-state index contributed by atoms with van der Waals surface area (Å²) in [6.07, 6.45) is 4.96. The molecule has 3 aromatic heterocycles. The van der Waals surface area contributed by atoms with Crippen molar-refractivity contribution in [3.63, 3.8) is 0 Å². The first-order valence-electron chi connectivity index (χ1n) is 9.47. The van der Waals surface area contributed by atoms with Gasteiger partial charge in [-0.3, -0.25) is 4.79 Å². The highest BCUT2D eigenvalue weighted by molar-refractivity contribution is 6.05. The van der Waals surface area contributed by atoms with Crippen molar-refractivity contribution in [2.75, 3.05) is 18.0 Å². The van der Waals surface area contributed by atoms with E-state index in [1.54, 1.807) is 12.6 Å². The molecule has 0 radical (unpaired) electrons. The van der Waals surface area contributed by atoms with Crippen LogP contribution in [-0.4, -0.2) is 29.0 Å². The SMILES string of the molecule is O=C(NCc1ccco1)C1CCCN(c2ncnc3c2oc2ccccc23)C1. The first kappa shape index (κ1) is 16.8. The number of nitrogens with zero attached hydrogens (tertiary/aromatic N) is 3. The molecule has 1 atom stereocenters. The molecule has 1 saturated heterocycles. The molecule has 1 fully saturated rings. The summed E-state index contributed by atoms with van der Waals surface area (Å²) in [6.45, 7) is 1.85. The second-order valence-electron chi connectivity index (χ2n) is 7.06. The van der Waals surface area contributed by atoms with Crippen molar-refractivity contribution in [1.29, 1.82) is 0 Å². The van der Waals surface area contributed by atoms with E-state index in [9.17, 15) is 4.79 Å². The fraction of sp³-hybridized carbons (Fsp3) is 0.286. The minimum Gasteiger partial charge on any atom is -0.467 e. The Hall–Kier alpha value is -3.35. The van der Waals surface area contributed by atoms with Gasteiger partial charge in [0.1, 0.15) is 23.2 Å². The summed E-state index contributed by atoms with van der Waals surface area (Å²) in [7, 11) is 0. The van der Waals surface area contributed by atoms with Crippen LogP contribution in [0.3, 0.4) is 0 Å². The summed E-state index contributed by atoms with van der Waals surface area (Å²) in [5.74, 6) is 1.44. The maximum atomic E-state index is 12.6. The van der Waals surface area contributed by atoms with Crippen LogP contribution < -0.4 is 10.2 Å². The molecule has 0 aliphatic carbocycles. The highest BCUT2D eigenvalue weighted by Gasteiger charge is 2.28. The molecule has 0 spiro atoms. The number of hydrogen-bond donors (Lipinski definition) is 1. The Morgan fingerprint density at radius 2 is 2.14 bits per heavy atom. The third-order valence-electron chi connectivity index (χ3n) is 5.25. The van der Waals surface area contributed by atoms with Gasteiger partial charge < -0.3 is 19.1 Å². The number of benzene rings is 1. The standard InChI is InChI=1S/C21H20N4O3/c26-21(22-11-15-6-4-10-27-15)14-5-3-9-25(12-14)20-19-18(23-13-24-20)16-7-1-2-8-17(16)28-19/h1-2,4,6-8,10,13-14H,3,5,9,11-12H2,(H,22,26). The quantitative estimate of drug-likeness (QED) is 0.587. The molecule has 1 unspecified atom stereocenters. The molecule has 1 aliphatic rings. The average molecular weight is 376 g/mol. The van der Waals surface area contributed by atoms with Gasteiger partial charge in [0, 0.05) is 18.5 Å². The number of fused-ring (bicyclic) bond motifs is 3. The lowest BCUT2D eigenvalue weighted by molar-refractivity contribution is -0.125. The number of carbonyl (C=O) groups excluding carboxylic acids is 1. The second kappa shape index (κ2) is 6.99. The maximum Gasteiger partial charge on any atom is 0.225 e. The van der Waals surface area contributed by atoms with E-state index in [2.05, 4.69) is 20.2 Å². The van der Waals surface area contributed by atoms with Crippen LogP contribution in [0.2, 0.25) is 0 Å². The van der Waals surface area contributed by atoms with Crippen molar-refractivity contribution in [2.45, 2.75) is 19.4 Å². The Bertz CT molecular complexity index is 1120. The van der Waals surface area contributed by atoms with E-state index >= 15 is 0 Å². The number of furan rings is 2. The van der Waals surface area contributed by atoms with Crippen molar-refractivity contribution < 1.29 is 13.6 Å². The van der Waals surface area contributed by atoms with Crippen molar-refractivity contribution in [3.8, 4) is 0 Å². The van der Waals surface area contributed by atoms with Crippen LogP contribution in [0.4, 0.5) is 5.82 Å². The predicted molar refractivity (Wildman–Crippen MR) is 105 cm³/mol. The molecule has 7 heteroatoms. The molecule has 0 bridgehead atoms. The average Bonchev–Trinajstić information content (AvgIpc) is 3.39. The summed E-state index contributed by atoms with van der Waals surface area (Å²) >= 11 is 0. The Morgan fingerprint density at radius 1 is 1.21 bits per heavy atom. The van der Waals surface area contributed by atoms with Crippen molar-refractivity contribution in [1.82, 2.24) is 15.3 Å². The minimum absolute atomic E-state index is 0.0380. The Kier molecular flexibility index (Phi) is 4.20. The highest BCUT2D eigenvalue weighted by atomic mass is 16.3. The van der Waals surface area contributed by atoms with Crippen LogP contribution in [0.25, 0.3) is 22.1 Å². The summed E-state index contributed by atoms with van der Waals surface area (Å²) in [5.41, 5.74) is 2.29. The van der Waals surface area contributed by atoms with Gasteiger partial charge >= 0.3 is 0 Å². The lowest BCUT2D eigenvalue weighted by Gasteiger charge is -2.32. The van der Waals surface area contributed by atoms with Gasteiger partial charge in [-0.1, -0.05) is 12.1 Å². The molecule has 7 nitrogen and oxygen atoms in total. The number of hydrogen-bond acceptors (Lipinski definition) is 6. The molecule has 1 N–H and O–H groups in total. The zero-order valence-corrected chi connectivity index (χ0v) is 15.3. The van der Waals surface area contributed by atoms with Gasteiger partial charge in [-0.2, -0.15) is 0 Å². The van der Waals surface area contributed by atoms with Gasteiger partial charge in [0.25, 0.3) is 0 Å². The van der Waals surface area contributed by atoms with Gasteiger partial charge in [-0.25, -0.2) is 9.97 Å². The van der Waals surface area contributed by atoms with Gasteiger partial charge in [-0.15, -0.1) is 0 Å². The number of aromatic nitrogens is 2.